The molecule has 0 aliphatic carbocycles. The van der Waals surface area contributed by atoms with Gasteiger partial charge in [-0.1, -0.05) is 6.42 Å². The molecule has 9 nitrogen and oxygen atoms in total. The third-order valence-electron chi connectivity index (χ3n) is 5.67. The van der Waals surface area contributed by atoms with Crippen molar-refractivity contribution in [2.45, 2.75) is 33.1 Å². The molecule has 0 aromatic carbocycles. The van der Waals surface area contributed by atoms with E-state index in [9.17, 15) is 0 Å². The van der Waals surface area contributed by atoms with Gasteiger partial charge in [-0.05, 0) is 45.3 Å². The molecule has 9 heteroatoms. The molecule has 31 heavy (non-hydrogen) atoms. The van der Waals surface area contributed by atoms with Gasteiger partial charge in [0.15, 0.2) is 0 Å². The highest BCUT2D eigenvalue weighted by Gasteiger charge is 2.16. The lowest BCUT2D eigenvalue weighted by Gasteiger charge is -2.28. The first kappa shape index (κ1) is 21.6. The number of anilines is 2. The van der Waals surface area contributed by atoms with E-state index in [0.717, 1.165) is 49.9 Å². The van der Waals surface area contributed by atoms with E-state index in [4.69, 9.17) is 13.9 Å². The Kier molecular flexibility index (Phi) is 7.37. The summed E-state index contributed by atoms with van der Waals surface area (Å²) in [6, 6.07) is 4.22. The largest absolute Gasteiger partial charge is 0.462 e. The number of morpholine rings is 1. The number of aryl methyl sites for hydroxylation is 2. The van der Waals surface area contributed by atoms with Gasteiger partial charge in [0, 0.05) is 31.8 Å². The first-order valence-corrected chi connectivity index (χ1v) is 11.1. The smallest absolute Gasteiger partial charge is 0.319 e. The number of hydrogen-bond donors (Lipinski definition) is 1. The minimum atomic E-state index is 0.382. The highest BCUT2D eigenvalue weighted by molar-refractivity contribution is 5.79. The topological polar surface area (TPSA) is 88.3 Å². The highest BCUT2D eigenvalue weighted by Crippen LogP contribution is 2.19. The van der Waals surface area contributed by atoms with Crippen LogP contribution in [0.15, 0.2) is 21.7 Å². The maximum Gasteiger partial charge on any atom is 0.319 e. The van der Waals surface area contributed by atoms with Crippen molar-refractivity contribution in [1.29, 1.82) is 0 Å². The van der Waals surface area contributed by atoms with Crippen LogP contribution in [0.5, 0.6) is 6.01 Å². The quantitative estimate of drug-likeness (QED) is 0.507. The second kappa shape index (κ2) is 10.6. The number of furan rings is 1. The Morgan fingerprint density at radius 3 is 2.65 bits per heavy atom. The first-order chi connectivity index (χ1) is 15.2. The van der Waals surface area contributed by atoms with Crippen molar-refractivity contribution in [2.75, 3.05) is 62.9 Å². The van der Waals surface area contributed by atoms with Gasteiger partial charge in [-0.15, -0.1) is 0 Å². The summed E-state index contributed by atoms with van der Waals surface area (Å²) >= 11 is 0. The van der Waals surface area contributed by atoms with Gasteiger partial charge in [-0.3, -0.25) is 4.90 Å². The fraction of sp³-hybridized carbons (Fsp3) is 0.591. The predicted molar refractivity (Wildman–Crippen MR) is 120 cm³/mol. The summed E-state index contributed by atoms with van der Waals surface area (Å²) in [6.07, 6.45) is 5.53. The van der Waals surface area contributed by atoms with E-state index < -0.39 is 0 Å². The lowest BCUT2D eigenvalue weighted by atomic mass is 10.1. The molecule has 0 spiro atoms. The van der Waals surface area contributed by atoms with Crippen molar-refractivity contribution in [2.24, 2.45) is 5.10 Å². The minimum Gasteiger partial charge on any atom is -0.462 e. The van der Waals surface area contributed by atoms with Crippen LogP contribution in [0.1, 0.15) is 36.3 Å². The van der Waals surface area contributed by atoms with Crippen LogP contribution >= 0.6 is 0 Å². The van der Waals surface area contributed by atoms with E-state index in [1.807, 2.05) is 26.0 Å². The summed E-state index contributed by atoms with van der Waals surface area (Å²) in [5.74, 6) is 2.31. The van der Waals surface area contributed by atoms with Crippen LogP contribution in [0.2, 0.25) is 0 Å². The summed E-state index contributed by atoms with van der Waals surface area (Å²) in [7, 11) is 0. The highest BCUT2D eigenvalue weighted by atomic mass is 16.5. The Bertz CT molecular complexity index is 853. The van der Waals surface area contributed by atoms with E-state index >= 15 is 0 Å². The molecule has 0 bridgehead atoms. The van der Waals surface area contributed by atoms with Gasteiger partial charge in [-0.2, -0.15) is 15.1 Å². The number of hydrazone groups is 1. The molecule has 2 aliphatic heterocycles. The van der Waals surface area contributed by atoms with Crippen molar-refractivity contribution >= 4 is 17.9 Å². The zero-order chi connectivity index (χ0) is 21.5. The van der Waals surface area contributed by atoms with Gasteiger partial charge in [0.05, 0.1) is 25.1 Å². The molecule has 2 aliphatic rings. The summed E-state index contributed by atoms with van der Waals surface area (Å²) in [4.78, 5) is 13.8. The van der Waals surface area contributed by atoms with E-state index in [2.05, 4.69) is 30.3 Å². The Labute approximate surface area is 183 Å². The van der Waals surface area contributed by atoms with Gasteiger partial charge in [0.25, 0.3) is 0 Å². The van der Waals surface area contributed by atoms with Crippen molar-refractivity contribution < 1.29 is 13.9 Å². The Balaban J connectivity index is 1.43. The minimum absolute atomic E-state index is 0.382. The zero-order valence-electron chi connectivity index (χ0n) is 18.5. The van der Waals surface area contributed by atoms with E-state index in [1.165, 1.54) is 19.3 Å². The Morgan fingerprint density at radius 1 is 1.10 bits per heavy atom. The van der Waals surface area contributed by atoms with Crippen LogP contribution in [0.3, 0.4) is 0 Å². The average molecular weight is 429 g/mol. The molecule has 0 unspecified atom stereocenters. The molecule has 4 heterocycles. The van der Waals surface area contributed by atoms with Crippen LogP contribution in [-0.2, 0) is 4.74 Å². The summed E-state index contributed by atoms with van der Waals surface area (Å²) in [5.41, 5.74) is 4.68. The molecule has 0 amide bonds. The second-order valence-corrected chi connectivity index (χ2v) is 8.00. The maximum atomic E-state index is 5.94. The van der Waals surface area contributed by atoms with Crippen molar-refractivity contribution in [3.63, 3.8) is 0 Å². The lowest BCUT2D eigenvalue weighted by Crippen LogP contribution is -2.37. The van der Waals surface area contributed by atoms with Crippen molar-refractivity contribution in [1.82, 2.24) is 14.9 Å². The fourth-order valence-electron chi connectivity index (χ4n) is 3.75. The van der Waals surface area contributed by atoms with E-state index in [0.29, 0.717) is 37.4 Å². The molecule has 168 valence electrons. The van der Waals surface area contributed by atoms with E-state index in [1.54, 1.807) is 6.21 Å². The molecular formula is C22H32N6O3. The summed E-state index contributed by atoms with van der Waals surface area (Å²) in [6.45, 7) is 10.7. The number of hydrogen-bond acceptors (Lipinski definition) is 9. The normalized spacial score (nSPS) is 17.9. The SMILES string of the molecule is Cc1cc(NN=Cc2cc(N3CCOCC3)nc(OCCN3CCCCC3)n2)oc1C. The summed E-state index contributed by atoms with van der Waals surface area (Å²) < 4.78 is 17.0. The number of likely N-dealkylation sites (tertiary alicyclic amines) is 1. The van der Waals surface area contributed by atoms with E-state index in [-0.39, 0.29) is 0 Å². The van der Waals surface area contributed by atoms with Gasteiger partial charge >= 0.3 is 6.01 Å². The number of ether oxygens (including phenoxy) is 2. The first-order valence-electron chi connectivity index (χ1n) is 11.1. The molecule has 0 atom stereocenters. The molecule has 0 radical (unpaired) electrons. The summed E-state index contributed by atoms with van der Waals surface area (Å²) in [5, 5.41) is 4.28. The van der Waals surface area contributed by atoms with Crippen molar-refractivity contribution in [3.8, 4) is 6.01 Å². The number of nitrogens with one attached hydrogen (secondary N) is 1. The van der Waals surface area contributed by atoms with Gasteiger partial charge < -0.3 is 18.8 Å². The van der Waals surface area contributed by atoms with Crippen LogP contribution in [0.4, 0.5) is 11.7 Å². The second-order valence-electron chi connectivity index (χ2n) is 8.00. The van der Waals surface area contributed by atoms with Crippen LogP contribution < -0.4 is 15.1 Å². The Hall–Kier alpha value is -2.65. The number of aromatic nitrogens is 2. The Morgan fingerprint density at radius 2 is 1.90 bits per heavy atom. The predicted octanol–water partition coefficient (Wildman–Crippen LogP) is 2.83. The van der Waals surface area contributed by atoms with Crippen LogP contribution in [-0.4, -0.2) is 73.6 Å². The van der Waals surface area contributed by atoms with Crippen molar-refractivity contribution in [3.05, 3.63) is 29.2 Å². The third kappa shape index (κ3) is 6.18. The molecule has 0 saturated carbocycles. The number of rotatable bonds is 8. The molecule has 2 aromatic rings. The zero-order valence-corrected chi connectivity index (χ0v) is 18.5. The van der Waals surface area contributed by atoms with Crippen LogP contribution in [0.25, 0.3) is 0 Å². The maximum absolute atomic E-state index is 5.94. The fourth-order valence-corrected chi connectivity index (χ4v) is 3.75. The molecule has 4 rings (SSSR count). The monoisotopic (exact) mass is 428 g/mol. The molecule has 1 N–H and O–H groups in total. The van der Waals surface area contributed by atoms with Gasteiger partial charge in [0.1, 0.15) is 18.2 Å². The molecular weight excluding hydrogens is 396 g/mol. The number of piperidine rings is 1. The average Bonchev–Trinajstić information content (AvgIpc) is 3.12. The molecule has 2 fully saturated rings. The molecule has 2 saturated heterocycles. The lowest BCUT2D eigenvalue weighted by molar-refractivity contribution is 0.122. The molecule has 2 aromatic heterocycles. The standard InChI is InChI=1S/C22H32N6O3/c1-17-14-21(31-18(17)2)26-23-16-19-15-20(28-9-11-29-12-10-28)25-22(24-19)30-13-8-27-6-4-3-5-7-27/h14-16,26H,3-13H2,1-2H3. The van der Waals surface area contributed by atoms with Gasteiger partial charge in [-0.25, -0.2) is 5.43 Å². The van der Waals surface area contributed by atoms with Gasteiger partial charge in [0.2, 0.25) is 5.88 Å². The third-order valence-corrected chi connectivity index (χ3v) is 5.67. The van der Waals surface area contributed by atoms with Crippen LogP contribution in [0, 0.1) is 13.8 Å². The number of nitrogens with zero attached hydrogens (tertiary/aromatic N) is 5.